The molecule has 16 heavy (non-hydrogen) atoms. The highest BCUT2D eigenvalue weighted by Crippen LogP contribution is 2.33. The predicted molar refractivity (Wildman–Crippen MR) is 74.3 cm³/mol. The number of nitrogens with zero attached hydrogens (tertiary/aromatic N) is 1. The van der Waals surface area contributed by atoms with Gasteiger partial charge in [-0.15, -0.1) is 0 Å². The quantitative estimate of drug-likeness (QED) is 0.734. The van der Waals surface area contributed by atoms with Gasteiger partial charge in [0, 0.05) is 24.1 Å². The number of halogens is 1. The van der Waals surface area contributed by atoms with E-state index in [0.717, 1.165) is 5.33 Å². The standard InChI is InChI=1S/C14H20BrN/c1-14(2)8-5-9-16(11-14)13-7-4-3-6-12(13)10-15/h3-4,6-7H,5,8-11H2,1-2H3. The van der Waals surface area contributed by atoms with Gasteiger partial charge in [-0.1, -0.05) is 48.0 Å². The Kier molecular flexibility index (Phi) is 3.58. The van der Waals surface area contributed by atoms with E-state index >= 15 is 0 Å². The Morgan fingerprint density at radius 2 is 2.06 bits per heavy atom. The van der Waals surface area contributed by atoms with Gasteiger partial charge in [0.25, 0.3) is 0 Å². The molecule has 0 bridgehead atoms. The van der Waals surface area contributed by atoms with Gasteiger partial charge >= 0.3 is 0 Å². The summed E-state index contributed by atoms with van der Waals surface area (Å²) in [6, 6.07) is 8.72. The van der Waals surface area contributed by atoms with Crippen LogP contribution in [0.5, 0.6) is 0 Å². The molecule has 0 atom stereocenters. The van der Waals surface area contributed by atoms with Crippen molar-refractivity contribution in [2.75, 3.05) is 18.0 Å². The number of piperidine rings is 1. The zero-order valence-electron chi connectivity index (χ0n) is 10.2. The maximum atomic E-state index is 3.58. The van der Waals surface area contributed by atoms with E-state index in [1.807, 2.05) is 0 Å². The molecule has 0 spiro atoms. The highest BCUT2D eigenvalue weighted by molar-refractivity contribution is 9.08. The van der Waals surface area contributed by atoms with Crippen molar-refractivity contribution in [3.63, 3.8) is 0 Å². The van der Waals surface area contributed by atoms with Crippen LogP contribution >= 0.6 is 15.9 Å². The molecule has 1 aliphatic heterocycles. The number of hydrogen-bond donors (Lipinski definition) is 0. The summed E-state index contributed by atoms with van der Waals surface area (Å²) in [5.74, 6) is 0. The molecule has 1 aromatic carbocycles. The number of rotatable bonds is 2. The Labute approximate surface area is 107 Å². The first-order valence-corrected chi connectivity index (χ1v) is 7.13. The van der Waals surface area contributed by atoms with E-state index in [9.17, 15) is 0 Å². The Bertz CT molecular complexity index is 360. The van der Waals surface area contributed by atoms with Crippen LogP contribution in [-0.2, 0) is 5.33 Å². The lowest BCUT2D eigenvalue weighted by atomic mass is 9.84. The number of hydrogen-bond acceptors (Lipinski definition) is 1. The molecule has 0 N–H and O–H groups in total. The molecule has 1 heterocycles. The molecule has 2 heteroatoms. The number of para-hydroxylation sites is 1. The van der Waals surface area contributed by atoms with E-state index in [1.54, 1.807) is 0 Å². The largest absolute Gasteiger partial charge is 0.371 e. The second-order valence-electron chi connectivity index (χ2n) is 5.45. The predicted octanol–water partition coefficient (Wildman–Crippen LogP) is 4.21. The Morgan fingerprint density at radius 3 is 2.75 bits per heavy atom. The molecule has 0 saturated carbocycles. The molecule has 0 aromatic heterocycles. The van der Waals surface area contributed by atoms with Crippen LogP contribution in [0.25, 0.3) is 0 Å². The Balaban J connectivity index is 2.23. The molecule has 0 aliphatic carbocycles. The van der Waals surface area contributed by atoms with Crippen molar-refractivity contribution < 1.29 is 0 Å². The molecule has 0 amide bonds. The summed E-state index contributed by atoms with van der Waals surface area (Å²) >= 11 is 3.58. The van der Waals surface area contributed by atoms with Gasteiger partial charge in [-0.3, -0.25) is 0 Å². The van der Waals surface area contributed by atoms with Crippen LogP contribution in [0, 0.1) is 5.41 Å². The first kappa shape index (κ1) is 12.0. The minimum Gasteiger partial charge on any atom is -0.371 e. The number of alkyl halides is 1. The zero-order chi connectivity index (χ0) is 11.6. The third kappa shape index (κ3) is 2.60. The lowest BCUT2D eigenvalue weighted by Gasteiger charge is -2.40. The lowest BCUT2D eigenvalue weighted by Crippen LogP contribution is -2.40. The first-order chi connectivity index (χ1) is 7.62. The molecular weight excluding hydrogens is 262 g/mol. The molecule has 1 fully saturated rings. The molecule has 1 aliphatic rings. The summed E-state index contributed by atoms with van der Waals surface area (Å²) in [7, 11) is 0. The van der Waals surface area contributed by atoms with Gasteiger partial charge < -0.3 is 4.90 Å². The maximum Gasteiger partial charge on any atom is 0.0407 e. The molecule has 88 valence electrons. The van der Waals surface area contributed by atoms with Crippen LogP contribution in [0.3, 0.4) is 0 Å². The fourth-order valence-electron chi connectivity index (χ4n) is 2.56. The van der Waals surface area contributed by atoms with Crippen molar-refractivity contribution in [2.24, 2.45) is 5.41 Å². The highest BCUT2D eigenvalue weighted by Gasteiger charge is 2.27. The van der Waals surface area contributed by atoms with Crippen LogP contribution in [0.4, 0.5) is 5.69 Å². The van der Waals surface area contributed by atoms with Crippen LogP contribution in [0.2, 0.25) is 0 Å². The smallest absolute Gasteiger partial charge is 0.0407 e. The summed E-state index contributed by atoms with van der Waals surface area (Å²) in [5.41, 5.74) is 3.27. The minimum atomic E-state index is 0.456. The first-order valence-electron chi connectivity index (χ1n) is 6.01. The average Bonchev–Trinajstić information content (AvgIpc) is 2.27. The summed E-state index contributed by atoms with van der Waals surface area (Å²) in [6.45, 7) is 7.12. The van der Waals surface area contributed by atoms with E-state index in [0.29, 0.717) is 5.41 Å². The van der Waals surface area contributed by atoms with Crippen LogP contribution in [0.15, 0.2) is 24.3 Å². The third-order valence-corrected chi connectivity index (χ3v) is 3.98. The van der Waals surface area contributed by atoms with Crippen LogP contribution in [-0.4, -0.2) is 13.1 Å². The van der Waals surface area contributed by atoms with Gasteiger partial charge in [0.05, 0.1) is 0 Å². The van der Waals surface area contributed by atoms with Gasteiger partial charge in [-0.25, -0.2) is 0 Å². The lowest BCUT2D eigenvalue weighted by molar-refractivity contribution is 0.293. The van der Waals surface area contributed by atoms with E-state index < -0.39 is 0 Å². The third-order valence-electron chi connectivity index (χ3n) is 3.38. The fraction of sp³-hybridized carbons (Fsp3) is 0.571. The highest BCUT2D eigenvalue weighted by atomic mass is 79.9. The summed E-state index contributed by atoms with van der Waals surface area (Å²) in [6.07, 6.45) is 2.66. The fourth-order valence-corrected chi connectivity index (χ4v) is 3.04. The van der Waals surface area contributed by atoms with E-state index in [1.165, 1.54) is 37.2 Å². The topological polar surface area (TPSA) is 3.24 Å². The van der Waals surface area contributed by atoms with Gasteiger partial charge in [-0.05, 0) is 29.9 Å². The normalized spacial score (nSPS) is 19.8. The maximum absolute atomic E-state index is 3.58. The SMILES string of the molecule is CC1(C)CCCN(c2ccccc2CBr)C1. The second kappa shape index (κ2) is 4.79. The molecule has 1 aromatic rings. The van der Waals surface area contributed by atoms with Crippen LogP contribution < -0.4 is 4.90 Å². The van der Waals surface area contributed by atoms with Gasteiger partial charge in [-0.2, -0.15) is 0 Å². The van der Waals surface area contributed by atoms with Crippen molar-refractivity contribution in [1.82, 2.24) is 0 Å². The van der Waals surface area contributed by atoms with E-state index in [2.05, 4.69) is 58.9 Å². The molecule has 0 unspecified atom stereocenters. The molecule has 2 rings (SSSR count). The van der Waals surface area contributed by atoms with Crippen molar-refractivity contribution in [2.45, 2.75) is 32.0 Å². The van der Waals surface area contributed by atoms with E-state index in [4.69, 9.17) is 0 Å². The monoisotopic (exact) mass is 281 g/mol. The van der Waals surface area contributed by atoms with Crippen molar-refractivity contribution >= 4 is 21.6 Å². The minimum absolute atomic E-state index is 0.456. The molecule has 1 saturated heterocycles. The van der Waals surface area contributed by atoms with Crippen molar-refractivity contribution in [3.8, 4) is 0 Å². The van der Waals surface area contributed by atoms with Gasteiger partial charge in [0.1, 0.15) is 0 Å². The van der Waals surface area contributed by atoms with Crippen LogP contribution in [0.1, 0.15) is 32.3 Å². The Morgan fingerprint density at radius 1 is 1.31 bits per heavy atom. The number of benzene rings is 1. The average molecular weight is 282 g/mol. The molecule has 0 radical (unpaired) electrons. The van der Waals surface area contributed by atoms with E-state index in [-0.39, 0.29) is 0 Å². The zero-order valence-corrected chi connectivity index (χ0v) is 11.8. The molecular formula is C14H20BrN. The van der Waals surface area contributed by atoms with Gasteiger partial charge in [0.2, 0.25) is 0 Å². The second-order valence-corrected chi connectivity index (χ2v) is 6.01. The Hall–Kier alpha value is -0.500. The number of anilines is 1. The van der Waals surface area contributed by atoms with Crippen molar-refractivity contribution in [3.05, 3.63) is 29.8 Å². The summed E-state index contributed by atoms with van der Waals surface area (Å²) in [5, 5.41) is 0.945. The summed E-state index contributed by atoms with van der Waals surface area (Å²) < 4.78 is 0. The van der Waals surface area contributed by atoms with Gasteiger partial charge in [0.15, 0.2) is 0 Å². The van der Waals surface area contributed by atoms with Crippen molar-refractivity contribution in [1.29, 1.82) is 0 Å². The summed E-state index contributed by atoms with van der Waals surface area (Å²) in [4.78, 5) is 2.54. The molecule has 1 nitrogen and oxygen atoms in total.